The Kier molecular flexibility index (Phi) is 4.15. The van der Waals surface area contributed by atoms with Crippen molar-refractivity contribution < 1.29 is 0 Å². The van der Waals surface area contributed by atoms with Gasteiger partial charge in [0, 0.05) is 32.2 Å². The van der Waals surface area contributed by atoms with E-state index in [4.69, 9.17) is 11.6 Å². The van der Waals surface area contributed by atoms with Gasteiger partial charge in [-0.15, -0.1) is 0 Å². The number of aromatic nitrogens is 2. The molecule has 17 heavy (non-hydrogen) atoms. The van der Waals surface area contributed by atoms with Gasteiger partial charge in [-0.3, -0.25) is 4.90 Å². The van der Waals surface area contributed by atoms with Crippen molar-refractivity contribution in [3.05, 3.63) is 17.4 Å². The van der Waals surface area contributed by atoms with Crippen molar-refractivity contribution in [3.63, 3.8) is 0 Å². The van der Waals surface area contributed by atoms with Crippen LogP contribution in [0.15, 0.2) is 12.4 Å². The van der Waals surface area contributed by atoms with Gasteiger partial charge in [0.25, 0.3) is 0 Å². The van der Waals surface area contributed by atoms with Crippen LogP contribution in [-0.4, -0.2) is 66.1 Å². The van der Waals surface area contributed by atoms with E-state index in [-0.39, 0.29) is 0 Å². The predicted octanol–water partition coefficient (Wildman–Crippen LogP) is 0.788. The van der Waals surface area contributed by atoms with Gasteiger partial charge in [0.1, 0.15) is 0 Å². The maximum absolute atomic E-state index is 5.74. The second-order valence-electron chi connectivity index (χ2n) is 4.50. The average molecular weight is 256 g/mol. The lowest BCUT2D eigenvalue weighted by molar-refractivity contribution is 0.121. The SMILES string of the molecule is CN1CCN(C)C(CNc2ncc(Cl)cn2)C1. The van der Waals surface area contributed by atoms with Crippen LogP contribution in [0.2, 0.25) is 5.02 Å². The van der Waals surface area contributed by atoms with Gasteiger partial charge in [-0.1, -0.05) is 11.6 Å². The van der Waals surface area contributed by atoms with E-state index < -0.39 is 0 Å². The van der Waals surface area contributed by atoms with Crippen molar-refractivity contribution in [1.82, 2.24) is 19.8 Å². The molecule has 0 bridgehead atoms. The first-order valence-electron chi connectivity index (χ1n) is 5.75. The van der Waals surface area contributed by atoms with Crippen LogP contribution in [0.1, 0.15) is 0 Å². The van der Waals surface area contributed by atoms with Crippen LogP contribution in [0, 0.1) is 0 Å². The highest BCUT2D eigenvalue weighted by Gasteiger charge is 2.21. The first-order valence-corrected chi connectivity index (χ1v) is 6.13. The lowest BCUT2D eigenvalue weighted by atomic mass is 10.2. The van der Waals surface area contributed by atoms with Crippen molar-refractivity contribution in [2.75, 3.05) is 45.6 Å². The summed E-state index contributed by atoms with van der Waals surface area (Å²) in [4.78, 5) is 12.9. The Hall–Kier alpha value is -0.910. The predicted molar refractivity (Wildman–Crippen MR) is 69.4 cm³/mol. The van der Waals surface area contributed by atoms with E-state index >= 15 is 0 Å². The van der Waals surface area contributed by atoms with Crippen LogP contribution in [0.5, 0.6) is 0 Å². The molecular weight excluding hydrogens is 238 g/mol. The minimum Gasteiger partial charge on any atom is -0.353 e. The van der Waals surface area contributed by atoms with E-state index in [1.807, 2.05) is 0 Å². The fourth-order valence-corrected chi connectivity index (χ4v) is 2.03. The molecule has 1 aliphatic rings. The number of nitrogens with one attached hydrogen (secondary N) is 1. The summed E-state index contributed by atoms with van der Waals surface area (Å²) in [5, 5.41) is 3.80. The van der Waals surface area contributed by atoms with Crippen LogP contribution < -0.4 is 5.32 Å². The van der Waals surface area contributed by atoms with Crippen molar-refractivity contribution in [3.8, 4) is 0 Å². The Morgan fingerprint density at radius 1 is 1.35 bits per heavy atom. The smallest absolute Gasteiger partial charge is 0.222 e. The number of piperazine rings is 1. The van der Waals surface area contributed by atoms with Crippen molar-refractivity contribution in [1.29, 1.82) is 0 Å². The normalized spacial score (nSPS) is 22.6. The summed E-state index contributed by atoms with van der Waals surface area (Å²) in [5.74, 6) is 0.635. The fraction of sp³-hybridized carbons (Fsp3) is 0.636. The van der Waals surface area contributed by atoms with Gasteiger partial charge in [-0.2, -0.15) is 0 Å². The molecule has 0 amide bonds. The van der Waals surface area contributed by atoms with Gasteiger partial charge in [-0.05, 0) is 14.1 Å². The van der Waals surface area contributed by atoms with Gasteiger partial charge >= 0.3 is 0 Å². The largest absolute Gasteiger partial charge is 0.353 e. The van der Waals surface area contributed by atoms with Crippen molar-refractivity contribution >= 4 is 17.5 Å². The zero-order chi connectivity index (χ0) is 12.3. The van der Waals surface area contributed by atoms with Gasteiger partial charge in [0.15, 0.2) is 0 Å². The van der Waals surface area contributed by atoms with Crippen LogP contribution >= 0.6 is 11.6 Å². The summed E-state index contributed by atoms with van der Waals surface area (Å²) in [5.41, 5.74) is 0. The number of likely N-dealkylation sites (N-methyl/N-ethyl adjacent to an activating group) is 2. The minimum absolute atomic E-state index is 0.494. The topological polar surface area (TPSA) is 44.3 Å². The fourth-order valence-electron chi connectivity index (χ4n) is 1.93. The maximum atomic E-state index is 5.74. The molecule has 1 N–H and O–H groups in total. The molecule has 1 aliphatic heterocycles. The maximum Gasteiger partial charge on any atom is 0.222 e. The van der Waals surface area contributed by atoms with Gasteiger partial charge in [0.05, 0.1) is 17.4 Å². The molecule has 94 valence electrons. The van der Waals surface area contributed by atoms with E-state index in [0.717, 1.165) is 26.2 Å². The molecule has 6 heteroatoms. The molecule has 0 aliphatic carbocycles. The Bertz CT molecular complexity index is 355. The molecule has 2 heterocycles. The highest BCUT2D eigenvalue weighted by molar-refractivity contribution is 6.30. The summed E-state index contributed by atoms with van der Waals surface area (Å²) in [6, 6.07) is 0.494. The number of halogens is 1. The monoisotopic (exact) mass is 255 g/mol. The number of hydrogen-bond donors (Lipinski definition) is 1. The van der Waals surface area contributed by atoms with E-state index in [1.54, 1.807) is 12.4 Å². The van der Waals surface area contributed by atoms with Crippen LogP contribution in [0.4, 0.5) is 5.95 Å². The molecule has 0 spiro atoms. The number of anilines is 1. The molecular formula is C11H18ClN5. The lowest BCUT2D eigenvalue weighted by Gasteiger charge is -2.37. The Labute approximate surface area is 107 Å². The molecule has 1 aromatic heterocycles. The van der Waals surface area contributed by atoms with Crippen LogP contribution in [0.25, 0.3) is 0 Å². The summed E-state index contributed by atoms with van der Waals surface area (Å²) in [6.45, 7) is 4.15. The number of nitrogens with zero attached hydrogens (tertiary/aromatic N) is 4. The third kappa shape index (κ3) is 3.52. The Morgan fingerprint density at radius 2 is 2.06 bits per heavy atom. The van der Waals surface area contributed by atoms with Gasteiger partial charge in [-0.25, -0.2) is 9.97 Å². The minimum atomic E-state index is 0.494. The highest BCUT2D eigenvalue weighted by atomic mass is 35.5. The zero-order valence-electron chi connectivity index (χ0n) is 10.2. The van der Waals surface area contributed by atoms with E-state index in [2.05, 4.69) is 39.2 Å². The third-order valence-electron chi connectivity index (χ3n) is 3.10. The molecule has 1 saturated heterocycles. The van der Waals surface area contributed by atoms with E-state index in [1.165, 1.54) is 0 Å². The quantitative estimate of drug-likeness (QED) is 0.865. The average Bonchev–Trinajstić information content (AvgIpc) is 2.32. The first kappa shape index (κ1) is 12.5. The lowest BCUT2D eigenvalue weighted by Crippen LogP contribution is -2.52. The summed E-state index contributed by atoms with van der Waals surface area (Å²) < 4.78 is 0. The highest BCUT2D eigenvalue weighted by Crippen LogP contribution is 2.08. The second-order valence-corrected chi connectivity index (χ2v) is 4.94. The molecule has 1 unspecified atom stereocenters. The molecule has 5 nitrogen and oxygen atoms in total. The number of rotatable bonds is 3. The van der Waals surface area contributed by atoms with Gasteiger partial charge in [0.2, 0.25) is 5.95 Å². The Balaban J connectivity index is 1.86. The molecule has 1 atom stereocenters. The summed E-state index contributed by atoms with van der Waals surface area (Å²) in [6.07, 6.45) is 3.21. The van der Waals surface area contributed by atoms with Crippen LogP contribution in [0.3, 0.4) is 0 Å². The molecule has 0 saturated carbocycles. The molecule has 2 rings (SSSR count). The summed E-state index contributed by atoms with van der Waals surface area (Å²) >= 11 is 5.74. The standard InChI is InChI=1S/C11H18ClN5/c1-16-3-4-17(2)10(8-16)7-15-11-13-5-9(12)6-14-11/h5-6,10H,3-4,7-8H2,1-2H3,(H,13,14,15). The second kappa shape index (κ2) is 5.62. The van der Waals surface area contributed by atoms with E-state index in [9.17, 15) is 0 Å². The van der Waals surface area contributed by atoms with Gasteiger partial charge < -0.3 is 10.2 Å². The molecule has 1 aromatic rings. The van der Waals surface area contributed by atoms with Crippen LogP contribution in [-0.2, 0) is 0 Å². The molecule has 1 fully saturated rings. The summed E-state index contributed by atoms with van der Waals surface area (Å²) in [7, 11) is 4.31. The van der Waals surface area contributed by atoms with Crippen molar-refractivity contribution in [2.24, 2.45) is 0 Å². The Morgan fingerprint density at radius 3 is 2.76 bits per heavy atom. The zero-order valence-corrected chi connectivity index (χ0v) is 11.0. The van der Waals surface area contributed by atoms with E-state index in [0.29, 0.717) is 17.0 Å². The first-order chi connectivity index (χ1) is 8.15. The molecule has 0 aromatic carbocycles. The van der Waals surface area contributed by atoms with Crippen molar-refractivity contribution in [2.45, 2.75) is 6.04 Å². The third-order valence-corrected chi connectivity index (χ3v) is 3.29. The number of hydrogen-bond acceptors (Lipinski definition) is 5. The molecule has 0 radical (unpaired) electrons.